The molecule has 1 atom stereocenters. The monoisotopic (exact) mass is 269 g/mol. The van der Waals surface area contributed by atoms with E-state index in [2.05, 4.69) is 0 Å². The molecule has 0 spiro atoms. The third kappa shape index (κ3) is 3.92. The van der Waals surface area contributed by atoms with Gasteiger partial charge in [0.1, 0.15) is 0 Å². The first-order chi connectivity index (χ1) is 8.77. The minimum atomic E-state index is -0.950. The second-order valence-electron chi connectivity index (χ2n) is 5.12. The number of carboxylic acids is 1. The molecular weight excluding hydrogens is 249 g/mol. The van der Waals surface area contributed by atoms with E-state index in [9.17, 15) is 9.18 Å². The van der Waals surface area contributed by atoms with Crippen molar-refractivity contribution >= 4 is 5.97 Å². The van der Waals surface area contributed by atoms with Crippen LogP contribution in [0.4, 0.5) is 4.39 Å². The van der Waals surface area contributed by atoms with E-state index in [1.807, 2.05) is 0 Å². The summed E-state index contributed by atoms with van der Waals surface area (Å²) in [5, 5.41) is 9.06. The molecule has 0 heterocycles. The van der Waals surface area contributed by atoms with Crippen LogP contribution >= 0.6 is 0 Å². The molecule has 0 radical (unpaired) electrons. The van der Waals surface area contributed by atoms with Crippen LogP contribution in [-0.2, 0) is 4.79 Å². The number of ether oxygens (including phenoxy) is 1. The summed E-state index contributed by atoms with van der Waals surface area (Å²) in [6, 6.07) is 3.95. The number of halogens is 1. The van der Waals surface area contributed by atoms with Gasteiger partial charge in [0, 0.05) is 6.04 Å². The second kappa shape index (κ2) is 6.02. The van der Waals surface area contributed by atoms with Gasteiger partial charge in [-0.05, 0) is 44.9 Å². The number of carboxylic acid groups (broad SMARTS) is 1. The molecule has 0 aliphatic carbocycles. The number of carbonyl (C=O) groups is 1. The molecule has 0 amide bonds. The van der Waals surface area contributed by atoms with Crippen molar-refractivity contribution in [3.05, 3.63) is 29.6 Å². The van der Waals surface area contributed by atoms with Gasteiger partial charge in [-0.15, -0.1) is 0 Å². The number of hydrogen-bond acceptors (Lipinski definition) is 3. The minimum Gasteiger partial charge on any atom is -0.491 e. The summed E-state index contributed by atoms with van der Waals surface area (Å²) >= 11 is 0. The van der Waals surface area contributed by atoms with Crippen molar-refractivity contribution in [2.24, 2.45) is 11.1 Å². The predicted molar refractivity (Wildman–Crippen MR) is 70.5 cm³/mol. The Hall–Kier alpha value is -1.62. The Balaban J connectivity index is 2.86. The first kappa shape index (κ1) is 15.4. The summed E-state index contributed by atoms with van der Waals surface area (Å²) in [4.78, 5) is 11.0. The zero-order valence-corrected chi connectivity index (χ0v) is 11.4. The molecule has 0 saturated heterocycles. The normalized spacial score (nSPS) is 13.1. The Morgan fingerprint density at radius 3 is 2.63 bits per heavy atom. The molecule has 4 nitrogen and oxygen atoms in total. The molecule has 1 aromatic carbocycles. The van der Waals surface area contributed by atoms with Gasteiger partial charge in [0.2, 0.25) is 0 Å². The van der Waals surface area contributed by atoms with Crippen molar-refractivity contribution in [1.82, 2.24) is 0 Å². The molecule has 0 bridgehead atoms. The van der Waals surface area contributed by atoms with E-state index in [1.165, 1.54) is 12.1 Å². The predicted octanol–water partition coefficient (Wildman–Crippen LogP) is 2.73. The Labute approximate surface area is 112 Å². The Morgan fingerprint density at radius 1 is 1.53 bits per heavy atom. The maximum Gasteiger partial charge on any atom is 0.309 e. The molecule has 0 fully saturated rings. The standard InChI is InChI=1S/C14H20FNO3/c1-4-19-12-6-5-9(7-10(12)15)11(16)8-14(2,3)13(17)18/h5-7,11H,4,8,16H2,1-3H3,(H,17,18). The largest absolute Gasteiger partial charge is 0.491 e. The van der Waals surface area contributed by atoms with Crippen LogP contribution < -0.4 is 10.5 Å². The average Bonchev–Trinajstić information content (AvgIpc) is 2.31. The van der Waals surface area contributed by atoms with Crippen LogP contribution in [0, 0.1) is 11.2 Å². The second-order valence-corrected chi connectivity index (χ2v) is 5.12. The van der Waals surface area contributed by atoms with Gasteiger partial charge in [-0.25, -0.2) is 4.39 Å². The van der Waals surface area contributed by atoms with Gasteiger partial charge in [-0.1, -0.05) is 6.07 Å². The van der Waals surface area contributed by atoms with Crippen LogP contribution in [0.3, 0.4) is 0 Å². The van der Waals surface area contributed by atoms with Crippen LogP contribution in [-0.4, -0.2) is 17.7 Å². The highest BCUT2D eigenvalue weighted by molar-refractivity contribution is 5.73. The van der Waals surface area contributed by atoms with E-state index < -0.39 is 23.2 Å². The molecule has 106 valence electrons. The van der Waals surface area contributed by atoms with Gasteiger partial charge < -0.3 is 15.6 Å². The van der Waals surface area contributed by atoms with Crippen molar-refractivity contribution < 1.29 is 19.0 Å². The quantitative estimate of drug-likeness (QED) is 0.832. The van der Waals surface area contributed by atoms with Crippen molar-refractivity contribution in [3.8, 4) is 5.75 Å². The summed E-state index contributed by atoms with van der Waals surface area (Å²) in [6.45, 7) is 5.35. The number of nitrogens with two attached hydrogens (primary N) is 1. The summed E-state index contributed by atoms with van der Waals surface area (Å²) in [6.07, 6.45) is 0.232. The topological polar surface area (TPSA) is 72.5 Å². The number of hydrogen-bond donors (Lipinski definition) is 2. The average molecular weight is 269 g/mol. The summed E-state index contributed by atoms with van der Waals surface area (Å²) in [5.74, 6) is -1.23. The molecule has 1 rings (SSSR count). The third-order valence-electron chi connectivity index (χ3n) is 2.99. The van der Waals surface area contributed by atoms with Gasteiger partial charge in [0.05, 0.1) is 12.0 Å². The molecule has 3 N–H and O–H groups in total. The van der Waals surface area contributed by atoms with Crippen LogP contribution in [0.25, 0.3) is 0 Å². The van der Waals surface area contributed by atoms with Crippen LogP contribution in [0.2, 0.25) is 0 Å². The zero-order chi connectivity index (χ0) is 14.6. The lowest BCUT2D eigenvalue weighted by molar-refractivity contribution is -0.147. The summed E-state index contributed by atoms with van der Waals surface area (Å²) in [7, 11) is 0. The molecule has 19 heavy (non-hydrogen) atoms. The van der Waals surface area contributed by atoms with E-state index in [0.29, 0.717) is 12.2 Å². The van der Waals surface area contributed by atoms with E-state index in [1.54, 1.807) is 26.8 Å². The molecule has 5 heteroatoms. The molecular formula is C14H20FNO3. The van der Waals surface area contributed by atoms with Crippen molar-refractivity contribution in [2.75, 3.05) is 6.61 Å². The highest BCUT2D eigenvalue weighted by atomic mass is 19.1. The zero-order valence-electron chi connectivity index (χ0n) is 11.4. The molecule has 0 aliphatic rings. The molecule has 0 saturated carbocycles. The lowest BCUT2D eigenvalue weighted by atomic mass is 9.84. The fraction of sp³-hybridized carbons (Fsp3) is 0.500. The molecule has 0 aliphatic heterocycles. The van der Waals surface area contributed by atoms with E-state index >= 15 is 0 Å². The lowest BCUT2D eigenvalue weighted by Crippen LogP contribution is -2.28. The molecule has 1 aromatic rings. The Morgan fingerprint density at radius 2 is 2.16 bits per heavy atom. The fourth-order valence-electron chi connectivity index (χ4n) is 1.78. The Kier molecular flexibility index (Phi) is 4.89. The fourth-order valence-corrected chi connectivity index (χ4v) is 1.78. The van der Waals surface area contributed by atoms with Gasteiger partial charge in [-0.3, -0.25) is 4.79 Å². The maximum absolute atomic E-state index is 13.7. The molecule has 0 aromatic heterocycles. The number of aliphatic carboxylic acids is 1. The van der Waals surface area contributed by atoms with Gasteiger partial charge in [0.15, 0.2) is 11.6 Å². The third-order valence-corrected chi connectivity index (χ3v) is 2.99. The first-order valence-corrected chi connectivity index (χ1v) is 6.19. The maximum atomic E-state index is 13.7. The van der Waals surface area contributed by atoms with Crippen LogP contribution in [0.15, 0.2) is 18.2 Å². The van der Waals surface area contributed by atoms with E-state index in [-0.39, 0.29) is 12.2 Å². The Bertz CT molecular complexity index is 460. The summed E-state index contributed by atoms with van der Waals surface area (Å²) < 4.78 is 18.8. The van der Waals surface area contributed by atoms with Gasteiger partial charge in [0.25, 0.3) is 0 Å². The van der Waals surface area contributed by atoms with Gasteiger partial charge in [-0.2, -0.15) is 0 Å². The lowest BCUT2D eigenvalue weighted by Gasteiger charge is -2.23. The van der Waals surface area contributed by atoms with Crippen LogP contribution in [0.5, 0.6) is 5.75 Å². The van der Waals surface area contributed by atoms with Crippen LogP contribution in [0.1, 0.15) is 38.8 Å². The van der Waals surface area contributed by atoms with Crippen molar-refractivity contribution in [1.29, 1.82) is 0 Å². The highest BCUT2D eigenvalue weighted by Gasteiger charge is 2.30. The minimum absolute atomic E-state index is 0.177. The van der Waals surface area contributed by atoms with E-state index in [0.717, 1.165) is 0 Å². The van der Waals surface area contributed by atoms with E-state index in [4.69, 9.17) is 15.6 Å². The summed E-state index contributed by atoms with van der Waals surface area (Å²) in [5.41, 5.74) is 5.56. The molecule has 1 unspecified atom stereocenters. The first-order valence-electron chi connectivity index (χ1n) is 6.19. The number of benzene rings is 1. The van der Waals surface area contributed by atoms with Gasteiger partial charge >= 0.3 is 5.97 Å². The number of rotatable bonds is 6. The highest BCUT2D eigenvalue weighted by Crippen LogP contribution is 2.30. The smallest absolute Gasteiger partial charge is 0.309 e. The SMILES string of the molecule is CCOc1ccc(C(N)CC(C)(C)C(=O)O)cc1F. The van der Waals surface area contributed by atoms with Crippen molar-refractivity contribution in [2.45, 2.75) is 33.2 Å². The van der Waals surface area contributed by atoms with Crippen molar-refractivity contribution in [3.63, 3.8) is 0 Å².